The number of hydrogen-bond acceptors (Lipinski definition) is 3. The highest BCUT2D eigenvalue weighted by Gasteiger charge is 2.23. The first-order valence-electron chi connectivity index (χ1n) is 7.47. The van der Waals surface area contributed by atoms with Gasteiger partial charge in [0.15, 0.2) is 0 Å². The molecule has 1 aromatic carbocycles. The molecule has 3 N–H and O–H groups in total. The molecular weight excluding hydrogens is 268 g/mol. The Labute approximate surface area is 125 Å². The van der Waals surface area contributed by atoms with Crippen LogP contribution in [0.15, 0.2) is 35.2 Å². The summed E-state index contributed by atoms with van der Waals surface area (Å²) in [5.41, 5.74) is 5.84. The van der Waals surface area contributed by atoms with E-state index < -0.39 is 0 Å². The van der Waals surface area contributed by atoms with Crippen molar-refractivity contribution >= 4 is 17.7 Å². The van der Waals surface area contributed by atoms with Crippen molar-refractivity contribution in [3.8, 4) is 0 Å². The van der Waals surface area contributed by atoms with Gasteiger partial charge < -0.3 is 11.1 Å². The van der Waals surface area contributed by atoms with Crippen LogP contribution in [0.5, 0.6) is 0 Å². The number of benzene rings is 1. The molecule has 0 aromatic heterocycles. The van der Waals surface area contributed by atoms with Gasteiger partial charge in [0.2, 0.25) is 5.91 Å². The van der Waals surface area contributed by atoms with Crippen LogP contribution in [-0.2, 0) is 4.79 Å². The number of rotatable bonds is 6. The minimum absolute atomic E-state index is 0.0971. The second kappa shape index (κ2) is 8.32. The van der Waals surface area contributed by atoms with Gasteiger partial charge in [-0.3, -0.25) is 4.79 Å². The number of carbonyl (C=O) groups excluding carboxylic acids is 1. The fraction of sp³-hybridized carbons (Fsp3) is 0.562. The summed E-state index contributed by atoms with van der Waals surface area (Å²) in [5, 5.41) is 3.12. The van der Waals surface area contributed by atoms with Gasteiger partial charge in [-0.15, -0.1) is 11.8 Å². The van der Waals surface area contributed by atoms with Crippen LogP contribution in [0.1, 0.15) is 32.1 Å². The topological polar surface area (TPSA) is 55.1 Å². The van der Waals surface area contributed by atoms with Gasteiger partial charge in [-0.1, -0.05) is 37.5 Å². The summed E-state index contributed by atoms with van der Waals surface area (Å²) in [6.45, 7) is 0.548. The average molecular weight is 292 g/mol. The number of carbonyl (C=O) groups is 1. The Morgan fingerprint density at radius 3 is 2.60 bits per heavy atom. The first-order valence-corrected chi connectivity index (χ1v) is 8.45. The van der Waals surface area contributed by atoms with Crippen LogP contribution in [0.4, 0.5) is 0 Å². The maximum atomic E-state index is 12.0. The third-order valence-corrected chi connectivity index (χ3v) is 4.94. The van der Waals surface area contributed by atoms with Gasteiger partial charge in [-0.05, 0) is 30.9 Å². The van der Waals surface area contributed by atoms with Crippen LogP contribution in [-0.4, -0.2) is 24.2 Å². The summed E-state index contributed by atoms with van der Waals surface area (Å²) in [6.07, 6.45) is 6.28. The molecule has 1 fully saturated rings. The zero-order valence-corrected chi connectivity index (χ0v) is 12.7. The molecule has 0 radical (unpaired) electrons. The van der Waals surface area contributed by atoms with Crippen molar-refractivity contribution in [2.75, 3.05) is 12.3 Å². The Kier molecular flexibility index (Phi) is 6.40. The van der Waals surface area contributed by atoms with Gasteiger partial charge >= 0.3 is 0 Å². The van der Waals surface area contributed by atoms with Gasteiger partial charge in [-0.25, -0.2) is 0 Å². The number of nitrogens with two attached hydrogens (primary N) is 1. The van der Waals surface area contributed by atoms with E-state index in [2.05, 4.69) is 5.32 Å². The molecule has 0 bridgehead atoms. The zero-order chi connectivity index (χ0) is 14.2. The van der Waals surface area contributed by atoms with Gasteiger partial charge in [0.05, 0.1) is 5.75 Å². The van der Waals surface area contributed by atoms with E-state index in [0.29, 0.717) is 18.2 Å². The Bertz CT molecular complexity index is 404. The van der Waals surface area contributed by atoms with E-state index in [1.54, 1.807) is 11.8 Å². The molecule has 4 heteroatoms. The fourth-order valence-corrected chi connectivity index (χ4v) is 3.55. The lowest BCUT2D eigenvalue weighted by Gasteiger charge is -2.30. The first-order chi connectivity index (χ1) is 9.79. The van der Waals surface area contributed by atoms with Crippen LogP contribution in [0.2, 0.25) is 0 Å². The molecule has 0 aliphatic heterocycles. The highest BCUT2D eigenvalue weighted by molar-refractivity contribution is 8.00. The van der Waals surface area contributed by atoms with Crippen LogP contribution in [0, 0.1) is 5.92 Å². The van der Waals surface area contributed by atoms with Crippen LogP contribution in [0.3, 0.4) is 0 Å². The highest BCUT2D eigenvalue weighted by Crippen LogP contribution is 2.26. The third-order valence-electron chi connectivity index (χ3n) is 3.93. The molecule has 110 valence electrons. The molecule has 1 aromatic rings. The lowest BCUT2D eigenvalue weighted by molar-refractivity contribution is -0.119. The van der Waals surface area contributed by atoms with Crippen LogP contribution >= 0.6 is 11.8 Å². The molecule has 0 saturated heterocycles. The predicted molar refractivity (Wildman–Crippen MR) is 84.7 cm³/mol. The Balaban J connectivity index is 1.77. The zero-order valence-electron chi connectivity index (χ0n) is 11.9. The van der Waals surface area contributed by atoms with Gasteiger partial charge in [0.25, 0.3) is 0 Å². The summed E-state index contributed by atoms with van der Waals surface area (Å²) in [4.78, 5) is 13.2. The average Bonchev–Trinajstić information content (AvgIpc) is 2.52. The van der Waals surface area contributed by atoms with Gasteiger partial charge in [-0.2, -0.15) is 0 Å². The number of thioether (sulfide) groups is 1. The molecule has 1 saturated carbocycles. The lowest BCUT2D eigenvalue weighted by atomic mass is 9.84. The summed E-state index contributed by atoms with van der Waals surface area (Å²) in [7, 11) is 0. The summed E-state index contributed by atoms with van der Waals surface area (Å²) < 4.78 is 0. The van der Waals surface area contributed by atoms with E-state index in [1.165, 1.54) is 32.1 Å². The molecule has 1 aliphatic carbocycles. The van der Waals surface area contributed by atoms with E-state index >= 15 is 0 Å². The molecule has 1 unspecified atom stereocenters. The normalized spacial score (nSPS) is 17.6. The van der Waals surface area contributed by atoms with E-state index in [4.69, 9.17) is 5.73 Å². The minimum Gasteiger partial charge on any atom is -0.351 e. The Hall–Kier alpha value is -1.00. The maximum absolute atomic E-state index is 12.0. The molecule has 0 spiro atoms. The molecule has 1 amide bonds. The minimum atomic E-state index is 0.0971. The first kappa shape index (κ1) is 15.4. The summed E-state index contributed by atoms with van der Waals surface area (Å²) in [5.74, 6) is 1.13. The van der Waals surface area contributed by atoms with E-state index in [0.717, 1.165) is 4.90 Å². The van der Waals surface area contributed by atoms with Crippen molar-refractivity contribution in [1.82, 2.24) is 5.32 Å². The number of nitrogens with one attached hydrogen (secondary N) is 1. The summed E-state index contributed by atoms with van der Waals surface area (Å²) in [6, 6.07) is 10.2. The van der Waals surface area contributed by atoms with E-state index in [9.17, 15) is 4.79 Å². The van der Waals surface area contributed by atoms with Crippen molar-refractivity contribution in [2.24, 2.45) is 11.7 Å². The SMILES string of the molecule is NCC(NC(=O)CSc1ccccc1)C1CCCCC1. The van der Waals surface area contributed by atoms with Crippen molar-refractivity contribution in [3.63, 3.8) is 0 Å². The van der Waals surface area contributed by atoms with Gasteiger partial charge in [0, 0.05) is 17.5 Å². The smallest absolute Gasteiger partial charge is 0.230 e. The number of amides is 1. The monoisotopic (exact) mass is 292 g/mol. The standard InChI is InChI=1S/C16H24N2OS/c17-11-15(13-7-3-1-4-8-13)18-16(19)12-20-14-9-5-2-6-10-14/h2,5-6,9-10,13,15H,1,3-4,7-8,11-12,17H2,(H,18,19). The third kappa shape index (κ3) is 4.84. The summed E-state index contributed by atoms with van der Waals surface area (Å²) >= 11 is 1.57. The Morgan fingerprint density at radius 1 is 1.25 bits per heavy atom. The second-order valence-electron chi connectivity index (χ2n) is 5.41. The molecule has 1 aliphatic rings. The predicted octanol–water partition coefficient (Wildman–Crippen LogP) is 2.80. The van der Waals surface area contributed by atoms with E-state index in [-0.39, 0.29) is 11.9 Å². The maximum Gasteiger partial charge on any atom is 0.230 e. The van der Waals surface area contributed by atoms with Crippen LogP contribution in [0.25, 0.3) is 0 Å². The Morgan fingerprint density at radius 2 is 1.95 bits per heavy atom. The van der Waals surface area contributed by atoms with Crippen molar-refractivity contribution in [1.29, 1.82) is 0 Å². The van der Waals surface area contributed by atoms with Crippen LogP contribution < -0.4 is 11.1 Å². The van der Waals surface area contributed by atoms with Crippen molar-refractivity contribution in [3.05, 3.63) is 30.3 Å². The molecule has 3 nitrogen and oxygen atoms in total. The van der Waals surface area contributed by atoms with Crippen molar-refractivity contribution in [2.45, 2.75) is 43.0 Å². The largest absolute Gasteiger partial charge is 0.351 e. The molecule has 20 heavy (non-hydrogen) atoms. The quantitative estimate of drug-likeness (QED) is 0.793. The van der Waals surface area contributed by atoms with Gasteiger partial charge in [0.1, 0.15) is 0 Å². The fourth-order valence-electron chi connectivity index (χ4n) is 2.82. The highest BCUT2D eigenvalue weighted by atomic mass is 32.2. The van der Waals surface area contributed by atoms with E-state index in [1.807, 2.05) is 30.3 Å². The molecule has 2 rings (SSSR count). The lowest BCUT2D eigenvalue weighted by Crippen LogP contribution is -2.46. The number of hydrogen-bond donors (Lipinski definition) is 2. The molecular formula is C16H24N2OS. The second-order valence-corrected chi connectivity index (χ2v) is 6.46. The molecule has 1 atom stereocenters. The van der Waals surface area contributed by atoms with Crippen molar-refractivity contribution < 1.29 is 4.79 Å². The molecule has 0 heterocycles.